The molecule has 2 amide bonds. The molecule has 3 aliphatic rings. The van der Waals surface area contributed by atoms with E-state index in [-0.39, 0.29) is 0 Å². The largest absolute Gasteiger partial charge is 0.478 e. The summed E-state index contributed by atoms with van der Waals surface area (Å²) in [6.07, 6.45) is 2.65. The highest BCUT2D eigenvalue weighted by molar-refractivity contribution is 7.80. The van der Waals surface area contributed by atoms with Crippen LogP contribution in [-0.4, -0.2) is 68.7 Å². The number of hydroxylamine groups is 2. The van der Waals surface area contributed by atoms with Crippen molar-refractivity contribution in [3.63, 3.8) is 0 Å². The van der Waals surface area contributed by atoms with Gasteiger partial charge in [-0.15, -0.1) is 4.28 Å². The molecule has 1 saturated heterocycles. The number of carboxylic acid groups (broad SMARTS) is 1. The lowest BCUT2D eigenvalue weighted by Gasteiger charge is -2.21. The topological polar surface area (TPSA) is 164 Å². The van der Waals surface area contributed by atoms with Gasteiger partial charge in [0.25, 0.3) is 0 Å². The van der Waals surface area contributed by atoms with Crippen LogP contribution in [-0.2, 0) is 37.9 Å². The standard InChI is InChI=1S/C8H10N4O5S.C4H5NO3/c1-10-6-3-11-4-7(5(6)2-9-10)12(8(11)13)17-18(14,15)16;6-4(7)3-1-2-5-8-3/h2,7H,3-4H2,1H3,(H,14,15,16);2-3H,1H2,(H,6,7). The molecule has 1 fully saturated rings. The zero-order valence-corrected chi connectivity index (χ0v) is 14.2. The van der Waals surface area contributed by atoms with E-state index in [9.17, 15) is 18.0 Å². The van der Waals surface area contributed by atoms with Gasteiger partial charge in [0.15, 0.2) is 0 Å². The molecular formula is C12H15N5O8S. The molecule has 14 heteroatoms. The number of nitrogens with zero attached hydrogens (tertiary/aromatic N) is 5. The van der Waals surface area contributed by atoms with Crippen LogP contribution in [0.1, 0.15) is 23.7 Å². The van der Waals surface area contributed by atoms with Crippen molar-refractivity contribution in [1.82, 2.24) is 19.7 Å². The molecular weight excluding hydrogens is 374 g/mol. The molecule has 2 atom stereocenters. The molecule has 3 aliphatic heterocycles. The van der Waals surface area contributed by atoms with Crippen LogP contribution in [0.5, 0.6) is 0 Å². The number of carboxylic acids is 1. The second kappa shape index (κ2) is 6.54. The van der Waals surface area contributed by atoms with Crippen molar-refractivity contribution in [3.05, 3.63) is 17.5 Å². The van der Waals surface area contributed by atoms with Gasteiger partial charge in [0, 0.05) is 25.2 Å². The number of hydrogen-bond donors (Lipinski definition) is 2. The highest BCUT2D eigenvalue weighted by Gasteiger charge is 2.47. The van der Waals surface area contributed by atoms with Gasteiger partial charge in [0.2, 0.25) is 6.10 Å². The van der Waals surface area contributed by atoms with Crippen LogP contribution in [0.25, 0.3) is 0 Å². The summed E-state index contributed by atoms with van der Waals surface area (Å²) in [5, 5.41) is 16.2. The van der Waals surface area contributed by atoms with Crippen LogP contribution in [0, 0.1) is 0 Å². The summed E-state index contributed by atoms with van der Waals surface area (Å²) >= 11 is 0. The van der Waals surface area contributed by atoms with Crippen LogP contribution < -0.4 is 0 Å². The summed E-state index contributed by atoms with van der Waals surface area (Å²) in [6.45, 7) is 0.652. The summed E-state index contributed by atoms with van der Waals surface area (Å²) in [5.41, 5.74) is 1.55. The monoisotopic (exact) mass is 389 g/mol. The van der Waals surface area contributed by atoms with E-state index in [0.717, 1.165) is 11.3 Å². The fourth-order valence-electron chi connectivity index (χ4n) is 2.75. The molecule has 0 aliphatic carbocycles. The highest BCUT2D eigenvalue weighted by atomic mass is 32.3. The number of carbonyl (C=O) groups excluding carboxylic acids is 1. The quantitative estimate of drug-likeness (QED) is 0.635. The SMILES string of the molecule is Cn1ncc2c1CN1CC2N(OS(=O)(=O)O)C1=O.O=C(O)C1CC=NO1. The first kappa shape index (κ1) is 18.1. The van der Waals surface area contributed by atoms with Gasteiger partial charge in [0.05, 0.1) is 25.0 Å². The summed E-state index contributed by atoms with van der Waals surface area (Å²) in [6, 6.07) is -1.16. The third kappa shape index (κ3) is 3.47. The van der Waals surface area contributed by atoms with Crippen molar-refractivity contribution in [1.29, 1.82) is 0 Å². The number of fused-ring (bicyclic) bond motifs is 4. The Kier molecular flexibility index (Phi) is 4.55. The number of aliphatic carboxylic acids is 1. The summed E-state index contributed by atoms with van der Waals surface area (Å²) in [4.78, 5) is 27.7. The van der Waals surface area contributed by atoms with Gasteiger partial charge in [-0.1, -0.05) is 5.16 Å². The van der Waals surface area contributed by atoms with Crippen LogP contribution in [0.3, 0.4) is 0 Å². The Labute approximate surface area is 147 Å². The average molecular weight is 389 g/mol. The maximum atomic E-state index is 11.9. The van der Waals surface area contributed by atoms with Gasteiger partial charge in [0.1, 0.15) is 6.04 Å². The predicted octanol–water partition coefficient (Wildman–Crippen LogP) is -0.707. The van der Waals surface area contributed by atoms with Gasteiger partial charge < -0.3 is 14.8 Å². The molecule has 1 aromatic heterocycles. The third-order valence-corrected chi connectivity index (χ3v) is 4.31. The molecule has 4 rings (SSSR count). The number of aromatic nitrogens is 2. The van der Waals surface area contributed by atoms with Gasteiger partial charge in [-0.25, -0.2) is 9.59 Å². The first-order valence-corrected chi connectivity index (χ1v) is 8.70. The minimum absolute atomic E-state index is 0.313. The van der Waals surface area contributed by atoms with Crippen molar-refractivity contribution in [2.24, 2.45) is 12.2 Å². The fourth-order valence-corrected chi connectivity index (χ4v) is 3.12. The Hall–Kier alpha value is -2.71. The lowest BCUT2D eigenvalue weighted by molar-refractivity contribution is -0.148. The lowest BCUT2D eigenvalue weighted by atomic mass is 10.1. The second-order valence-corrected chi connectivity index (χ2v) is 6.64. The minimum atomic E-state index is -4.72. The molecule has 0 radical (unpaired) electrons. The third-order valence-electron chi connectivity index (χ3n) is 3.96. The highest BCUT2D eigenvalue weighted by Crippen LogP contribution is 2.37. The Morgan fingerprint density at radius 2 is 2.19 bits per heavy atom. The fraction of sp³-hybridized carbons (Fsp3) is 0.500. The number of oxime groups is 1. The zero-order chi connectivity index (χ0) is 19.1. The lowest BCUT2D eigenvalue weighted by Crippen LogP contribution is -2.32. The number of amides is 2. The van der Waals surface area contributed by atoms with E-state index >= 15 is 0 Å². The molecule has 0 spiro atoms. The Balaban J connectivity index is 0.000000206. The first-order valence-electron chi connectivity index (χ1n) is 7.33. The van der Waals surface area contributed by atoms with E-state index in [1.54, 1.807) is 17.9 Å². The molecule has 1 aromatic rings. The zero-order valence-electron chi connectivity index (χ0n) is 13.4. The van der Waals surface area contributed by atoms with E-state index in [1.807, 2.05) is 0 Å². The molecule has 4 heterocycles. The van der Waals surface area contributed by atoms with Crippen LogP contribution >= 0.6 is 0 Å². The number of hydrogen-bond acceptors (Lipinski definition) is 8. The maximum Gasteiger partial charge on any atom is 0.418 e. The minimum Gasteiger partial charge on any atom is -0.478 e. The van der Waals surface area contributed by atoms with E-state index in [4.69, 9.17) is 9.66 Å². The maximum absolute atomic E-state index is 11.9. The Morgan fingerprint density at radius 3 is 2.73 bits per heavy atom. The van der Waals surface area contributed by atoms with Gasteiger partial charge in [-0.3, -0.25) is 9.23 Å². The average Bonchev–Trinajstić information content (AvgIpc) is 3.25. The molecule has 142 valence electrons. The van der Waals surface area contributed by atoms with E-state index < -0.39 is 34.5 Å². The number of urea groups is 1. The first-order chi connectivity index (χ1) is 12.2. The van der Waals surface area contributed by atoms with E-state index in [1.165, 1.54) is 11.1 Å². The van der Waals surface area contributed by atoms with Crippen LogP contribution in [0.4, 0.5) is 4.79 Å². The van der Waals surface area contributed by atoms with Gasteiger partial charge >= 0.3 is 22.4 Å². The van der Waals surface area contributed by atoms with E-state index in [2.05, 4.69) is 19.4 Å². The molecule has 13 nitrogen and oxygen atoms in total. The summed E-state index contributed by atoms with van der Waals surface area (Å²) < 4.78 is 36.1. The molecule has 2 N–H and O–H groups in total. The van der Waals surface area contributed by atoms with Crippen LogP contribution in [0.2, 0.25) is 0 Å². The molecule has 0 aromatic carbocycles. The van der Waals surface area contributed by atoms with Crippen molar-refractivity contribution in [3.8, 4) is 0 Å². The van der Waals surface area contributed by atoms with Crippen molar-refractivity contribution in [2.45, 2.75) is 25.1 Å². The second-order valence-electron chi connectivity index (χ2n) is 5.63. The Bertz CT molecular complexity index is 857. The van der Waals surface area contributed by atoms with Crippen molar-refractivity contribution < 1.29 is 36.8 Å². The van der Waals surface area contributed by atoms with Crippen molar-refractivity contribution in [2.75, 3.05) is 6.54 Å². The van der Waals surface area contributed by atoms with Gasteiger partial charge in [-0.2, -0.15) is 18.6 Å². The predicted molar refractivity (Wildman–Crippen MR) is 81.8 cm³/mol. The van der Waals surface area contributed by atoms with Gasteiger partial charge in [-0.05, 0) is 0 Å². The number of aryl methyl sites for hydroxylation is 1. The number of carbonyl (C=O) groups is 2. The van der Waals surface area contributed by atoms with Crippen LogP contribution in [0.15, 0.2) is 11.4 Å². The summed E-state index contributed by atoms with van der Waals surface area (Å²) in [7, 11) is -2.98. The Morgan fingerprint density at radius 1 is 1.46 bits per heavy atom. The molecule has 0 saturated carbocycles. The number of rotatable bonds is 3. The van der Waals surface area contributed by atoms with Crippen molar-refractivity contribution >= 4 is 28.6 Å². The summed E-state index contributed by atoms with van der Waals surface area (Å²) in [5.74, 6) is -0.956. The smallest absolute Gasteiger partial charge is 0.418 e. The molecule has 2 unspecified atom stereocenters. The molecule has 26 heavy (non-hydrogen) atoms. The molecule has 2 bridgehead atoms. The normalized spacial score (nSPS) is 23.4. The van der Waals surface area contributed by atoms with E-state index in [0.29, 0.717) is 24.6 Å².